The molecule has 3 atom stereocenters. The van der Waals surface area contributed by atoms with Gasteiger partial charge in [0.1, 0.15) is 0 Å². The van der Waals surface area contributed by atoms with Crippen molar-refractivity contribution in [3.63, 3.8) is 0 Å². The number of rotatable bonds is 2. The summed E-state index contributed by atoms with van der Waals surface area (Å²) in [5, 5.41) is 14.9. The van der Waals surface area contributed by atoms with Crippen molar-refractivity contribution >= 4 is 0 Å². The number of ether oxygens (including phenoxy) is 2. The summed E-state index contributed by atoms with van der Waals surface area (Å²) in [7, 11) is 0. The van der Waals surface area contributed by atoms with Crippen molar-refractivity contribution in [1.29, 1.82) is 0 Å². The molecule has 0 aromatic heterocycles. The van der Waals surface area contributed by atoms with Crippen molar-refractivity contribution in [2.24, 2.45) is 0 Å². The monoisotopic (exact) mass is 297 g/mol. The third kappa shape index (κ3) is 1.79. The first-order chi connectivity index (χ1) is 10.6. The molecule has 114 valence electrons. The lowest BCUT2D eigenvalue weighted by Gasteiger charge is -2.48. The van der Waals surface area contributed by atoms with Crippen LogP contribution in [0.15, 0.2) is 60.7 Å². The second-order valence-corrected chi connectivity index (χ2v) is 6.32. The Morgan fingerprint density at radius 3 is 2.05 bits per heavy atom. The largest absolute Gasteiger partial charge is 0.358 e. The van der Waals surface area contributed by atoms with Crippen molar-refractivity contribution in [3.05, 3.63) is 71.8 Å². The molecule has 2 bridgehead atoms. The van der Waals surface area contributed by atoms with Gasteiger partial charge < -0.3 is 14.6 Å². The standard InChI is InChI=1S/C18H19NO3/c1-16-12-21-17(19-16,14-8-4-2-5-9-14)18(20,22-13-16)15-10-6-3-7-11-15/h2-11,19-20H,12-13H2,1H3. The van der Waals surface area contributed by atoms with Crippen LogP contribution in [-0.2, 0) is 21.0 Å². The van der Waals surface area contributed by atoms with E-state index in [9.17, 15) is 5.11 Å². The highest BCUT2D eigenvalue weighted by Gasteiger charge is 2.65. The van der Waals surface area contributed by atoms with Gasteiger partial charge in [0.25, 0.3) is 0 Å². The quantitative estimate of drug-likeness (QED) is 0.891. The van der Waals surface area contributed by atoms with Gasteiger partial charge in [0.05, 0.1) is 18.8 Å². The number of nitrogens with one attached hydrogen (secondary N) is 1. The summed E-state index contributed by atoms with van der Waals surface area (Å²) in [5.74, 6) is -1.58. The lowest BCUT2D eigenvalue weighted by Crippen LogP contribution is -2.67. The van der Waals surface area contributed by atoms with E-state index in [0.29, 0.717) is 18.8 Å². The topological polar surface area (TPSA) is 50.7 Å². The molecule has 2 heterocycles. The molecule has 2 aromatic carbocycles. The van der Waals surface area contributed by atoms with E-state index < -0.39 is 11.5 Å². The summed E-state index contributed by atoms with van der Waals surface area (Å²) in [6, 6.07) is 19.1. The normalized spacial score (nSPS) is 37.2. The lowest BCUT2D eigenvalue weighted by atomic mass is 9.85. The van der Waals surface area contributed by atoms with Crippen LogP contribution in [0.2, 0.25) is 0 Å². The Morgan fingerprint density at radius 1 is 0.864 bits per heavy atom. The fraction of sp³-hybridized carbons (Fsp3) is 0.333. The number of hydrogen-bond acceptors (Lipinski definition) is 4. The molecule has 4 nitrogen and oxygen atoms in total. The van der Waals surface area contributed by atoms with E-state index in [1.807, 2.05) is 67.6 Å². The van der Waals surface area contributed by atoms with E-state index in [1.165, 1.54) is 0 Å². The number of hydrogen-bond donors (Lipinski definition) is 2. The molecular formula is C18H19NO3. The molecule has 0 saturated carbocycles. The van der Waals surface area contributed by atoms with E-state index in [4.69, 9.17) is 9.47 Å². The Hall–Kier alpha value is -1.72. The highest BCUT2D eigenvalue weighted by atomic mass is 16.7. The van der Waals surface area contributed by atoms with E-state index in [1.54, 1.807) is 0 Å². The van der Waals surface area contributed by atoms with Crippen LogP contribution in [0.3, 0.4) is 0 Å². The molecule has 2 aromatic rings. The van der Waals surface area contributed by atoms with Gasteiger partial charge in [-0.25, -0.2) is 0 Å². The molecular weight excluding hydrogens is 278 g/mol. The Labute approximate surface area is 129 Å². The molecule has 2 fully saturated rings. The lowest BCUT2D eigenvalue weighted by molar-refractivity contribution is -0.336. The predicted molar refractivity (Wildman–Crippen MR) is 81.9 cm³/mol. The smallest absolute Gasteiger partial charge is 0.241 e. The minimum absolute atomic E-state index is 0.309. The summed E-state index contributed by atoms with van der Waals surface area (Å²) in [4.78, 5) is 0. The van der Waals surface area contributed by atoms with E-state index in [2.05, 4.69) is 5.32 Å². The first-order valence-corrected chi connectivity index (χ1v) is 7.49. The minimum atomic E-state index is -1.58. The SMILES string of the molecule is CC12COC(O)(c3ccccc3)C(c3ccccc3)(N1)OC2. The molecule has 2 aliphatic rings. The second kappa shape index (κ2) is 4.64. The van der Waals surface area contributed by atoms with Crippen LogP contribution in [-0.4, -0.2) is 23.9 Å². The summed E-state index contributed by atoms with van der Waals surface area (Å²) in [6.45, 7) is 2.91. The molecule has 2 N–H and O–H groups in total. The van der Waals surface area contributed by atoms with E-state index in [0.717, 1.165) is 5.56 Å². The van der Waals surface area contributed by atoms with E-state index >= 15 is 0 Å². The van der Waals surface area contributed by atoms with E-state index in [-0.39, 0.29) is 5.54 Å². The molecule has 4 rings (SSSR count). The zero-order valence-electron chi connectivity index (χ0n) is 12.5. The third-order valence-electron chi connectivity index (χ3n) is 4.51. The number of fused-ring (bicyclic) bond motifs is 2. The zero-order valence-corrected chi connectivity index (χ0v) is 12.5. The van der Waals surface area contributed by atoms with Crippen LogP contribution in [0.25, 0.3) is 0 Å². The van der Waals surface area contributed by atoms with Crippen LogP contribution in [0.4, 0.5) is 0 Å². The van der Waals surface area contributed by atoms with Crippen LogP contribution in [0, 0.1) is 0 Å². The first kappa shape index (κ1) is 13.9. The molecule has 0 amide bonds. The molecule has 22 heavy (non-hydrogen) atoms. The van der Waals surface area contributed by atoms with Crippen LogP contribution < -0.4 is 5.32 Å². The highest BCUT2D eigenvalue weighted by Crippen LogP contribution is 2.50. The molecule has 0 radical (unpaired) electrons. The van der Waals surface area contributed by atoms with Gasteiger partial charge in [-0.1, -0.05) is 60.7 Å². The van der Waals surface area contributed by atoms with Gasteiger partial charge in [-0.15, -0.1) is 0 Å². The van der Waals surface area contributed by atoms with Crippen LogP contribution >= 0.6 is 0 Å². The maximum absolute atomic E-state index is 11.4. The predicted octanol–water partition coefficient (Wildman–Crippen LogP) is 2.09. The average Bonchev–Trinajstić information content (AvgIpc) is 2.89. The van der Waals surface area contributed by atoms with Crippen LogP contribution in [0.1, 0.15) is 18.1 Å². The summed E-state index contributed by atoms with van der Waals surface area (Å²) >= 11 is 0. The molecule has 0 aliphatic carbocycles. The minimum Gasteiger partial charge on any atom is -0.358 e. The molecule has 4 heteroatoms. The van der Waals surface area contributed by atoms with Crippen LogP contribution in [0.5, 0.6) is 0 Å². The fourth-order valence-electron chi connectivity index (χ4n) is 3.36. The van der Waals surface area contributed by atoms with Crippen molar-refractivity contribution in [3.8, 4) is 0 Å². The maximum Gasteiger partial charge on any atom is 0.241 e. The first-order valence-electron chi connectivity index (χ1n) is 7.49. The number of morpholine rings is 1. The average molecular weight is 297 g/mol. The Kier molecular flexibility index (Phi) is 2.93. The van der Waals surface area contributed by atoms with Crippen molar-refractivity contribution in [1.82, 2.24) is 5.32 Å². The molecule has 0 spiro atoms. The second-order valence-electron chi connectivity index (χ2n) is 6.32. The Bertz CT molecular complexity index is 677. The Balaban J connectivity index is 1.91. The van der Waals surface area contributed by atoms with Crippen molar-refractivity contribution < 1.29 is 14.6 Å². The highest BCUT2D eigenvalue weighted by molar-refractivity contribution is 5.34. The maximum atomic E-state index is 11.4. The summed E-state index contributed by atoms with van der Waals surface area (Å²) in [5.41, 5.74) is 0.111. The molecule has 2 saturated heterocycles. The third-order valence-corrected chi connectivity index (χ3v) is 4.51. The number of benzene rings is 2. The molecule has 3 unspecified atom stereocenters. The van der Waals surface area contributed by atoms with Gasteiger partial charge in [0.2, 0.25) is 11.5 Å². The van der Waals surface area contributed by atoms with Gasteiger partial charge in [-0.05, 0) is 6.92 Å². The van der Waals surface area contributed by atoms with Gasteiger partial charge in [0.15, 0.2) is 0 Å². The van der Waals surface area contributed by atoms with Gasteiger partial charge in [-0.3, -0.25) is 5.32 Å². The van der Waals surface area contributed by atoms with Gasteiger partial charge in [-0.2, -0.15) is 0 Å². The number of aliphatic hydroxyl groups is 1. The Morgan fingerprint density at radius 2 is 1.41 bits per heavy atom. The summed E-state index contributed by atoms with van der Waals surface area (Å²) in [6.07, 6.45) is 0. The molecule has 2 aliphatic heterocycles. The van der Waals surface area contributed by atoms with Gasteiger partial charge >= 0.3 is 0 Å². The zero-order chi connectivity index (χ0) is 15.3. The van der Waals surface area contributed by atoms with Gasteiger partial charge in [0, 0.05) is 11.1 Å². The summed E-state index contributed by atoms with van der Waals surface area (Å²) < 4.78 is 12.1. The van der Waals surface area contributed by atoms with Crippen molar-refractivity contribution in [2.45, 2.75) is 24.0 Å². The fourth-order valence-corrected chi connectivity index (χ4v) is 3.36. The van der Waals surface area contributed by atoms with Crippen molar-refractivity contribution in [2.75, 3.05) is 13.2 Å².